The van der Waals surface area contributed by atoms with Crippen molar-refractivity contribution in [3.05, 3.63) is 30.1 Å². The van der Waals surface area contributed by atoms with Crippen molar-refractivity contribution in [2.45, 2.75) is 51.2 Å². The van der Waals surface area contributed by atoms with Crippen LogP contribution in [0.2, 0.25) is 0 Å². The second kappa shape index (κ2) is 6.64. The lowest BCUT2D eigenvalue weighted by Crippen LogP contribution is -2.52. The molecule has 0 saturated carbocycles. The fourth-order valence-corrected chi connectivity index (χ4v) is 5.58. The predicted octanol–water partition coefficient (Wildman–Crippen LogP) is 1.86. The minimum absolute atomic E-state index is 0.0597. The van der Waals surface area contributed by atoms with Crippen molar-refractivity contribution in [3.63, 3.8) is 0 Å². The molecule has 2 unspecified atom stereocenters. The third-order valence-electron chi connectivity index (χ3n) is 4.92. The molecule has 0 radical (unpaired) electrons. The molecule has 0 N–H and O–H groups in total. The van der Waals surface area contributed by atoms with Crippen LogP contribution in [0.5, 0.6) is 0 Å². The molecule has 6 heteroatoms. The van der Waals surface area contributed by atoms with Gasteiger partial charge in [0.25, 0.3) is 0 Å². The molecular weight excluding hydrogens is 298 g/mol. The summed E-state index contributed by atoms with van der Waals surface area (Å²) in [7, 11) is -3.04. The van der Waals surface area contributed by atoms with Crippen molar-refractivity contribution < 1.29 is 8.42 Å². The molecule has 2 saturated heterocycles. The molecule has 0 bridgehead atoms. The van der Waals surface area contributed by atoms with Crippen LogP contribution in [-0.4, -0.2) is 53.5 Å². The molecule has 0 spiro atoms. The number of nitrogens with zero attached hydrogens (tertiary/aromatic N) is 3. The van der Waals surface area contributed by atoms with Gasteiger partial charge in [0.15, 0.2) is 0 Å². The highest BCUT2D eigenvalue weighted by molar-refractivity contribution is 7.89. The van der Waals surface area contributed by atoms with Crippen molar-refractivity contribution in [2.75, 3.05) is 18.8 Å². The van der Waals surface area contributed by atoms with Crippen molar-refractivity contribution in [1.82, 2.24) is 14.2 Å². The minimum atomic E-state index is -3.04. The van der Waals surface area contributed by atoms with Crippen molar-refractivity contribution in [3.8, 4) is 0 Å². The molecule has 5 nitrogen and oxygen atoms in total. The van der Waals surface area contributed by atoms with Gasteiger partial charge < -0.3 is 0 Å². The van der Waals surface area contributed by atoms with Crippen LogP contribution in [0.1, 0.15) is 38.2 Å². The van der Waals surface area contributed by atoms with Crippen LogP contribution in [0.4, 0.5) is 0 Å². The zero-order chi connectivity index (χ0) is 15.6. The molecule has 22 heavy (non-hydrogen) atoms. The largest absolute Gasteiger partial charge is 0.294 e. The van der Waals surface area contributed by atoms with E-state index in [2.05, 4.69) is 22.9 Å². The Morgan fingerprint density at radius 3 is 2.86 bits per heavy atom. The Balaban J connectivity index is 1.75. The lowest BCUT2D eigenvalue weighted by Gasteiger charge is -2.41. The summed E-state index contributed by atoms with van der Waals surface area (Å²) in [6, 6.07) is 4.42. The highest BCUT2D eigenvalue weighted by Gasteiger charge is 2.38. The van der Waals surface area contributed by atoms with Gasteiger partial charge in [-0.2, -0.15) is 4.31 Å². The van der Waals surface area contributed by atoms with Gasteiger partial charge in [-0.3, -0.25) is 9.88 Å². The maximum Gasteiger partial charge on any atom is 0.214 e. The van der Waals surface area contributed by atoms with E-state index in [9.17, 15) is 8.42 Å². The zero-order valence-corrected chi connectivity index (χ0v) is 14.0. The molecule has 122 valence electrons. The van der Waals surface area contributed by atoms with Crippen LogP contribution >= 0.6 is 0 Å². The van der Waals surface area contributed by atoms with Crippen molar-refractivity contribution in [1.29, 1.82) is 0 Å². The molecule has 2 aliphatic heterocycles. The molecular formula is C16H25N3O2S. The van der Waals surface area contributed by atoms with Crippen LogP contribution in [0.25, 0.3) is 0 Å². The van der Waals surface area contributed by atoms with Crippen LogP contribution in [0.15, 0.2) is 24.5 Å². The maximum absolute atomic E-state index is 12.2. The summed E-state index contributed by atoms with van der Waals surface area (Å²) in [6.07, 6.45) is 7.91. The molecule has 3 heterocycles. The molecule has 3 rings (SSSR count). The lowest BCUT2D eigenvalue weighted by molar-refractivity contribution is 0.0882. The normalized spacial score (nSPS) is 27.8. The highest BCUT2D eigenvalue weighted by atomic mass is 32.2. The number of sulfonamides is 1. The number of pyridine rings is 1. The summed E-state index contributed by atoms with van der Waals surface area (Å²) in [6.45, 7) is 4.66. The smallest absolute Gasteiger partial charge is 0.214 e. The Morgan fingerprint density at radius 1 is 1.32 bits per heavy atom. The summed E-state index contributed by atoms with van der Waals surface area (Å²) in [5.41, 5.74) is 1.20. The Morgan fingerprint density at radius 2 is 2.18 bits per heavy atom. The second-order valence-electron chi connectivity index (χ2n) is 6.42. The Kier molecular flexibility index (Phi) is 4.80. The number of rotatable bonds is 4. The van der Waals surface area contributed by atoms with Gasteiger partial charge in [0.05, 0.1) is 5.75 Å². The van der Waals surface area contributed by atoms with E-state index in [4.69, 9.17) is 0 Å². The van der Waals surface area contributed by atoms with Gasteiger partial charge in [-0.1, -0.05) is 12.5 Å². The first-order chi connectivity index (χ1) is 10.6. The molecule has 0 amide bonds. The Bertz CT molecular complexity index is 591. The number of piperidine rings is 1. The molecule has 2 aliphatic rings. The average Bonchev–Trinajstić information content (AvgIpc) is 2.87. The second-order valence-corrected chi connectivity index (χ2v) is 8.46. The van der Waals surface area contributed by atoms with Gasteiger partial charge in [0.2, 0.25) is 10.0 Å². The van der Waals surface area contributed by atoms with E-state index in [-0.39, 0.29) is 6.04 Å². The average molecular weight is 323 g/mol. The van der Waals surface area contributed by atoms with Crippen LogP contribution in [0.3, 0.4) is 0 Å². The van der Waals surface area contributed by atoms with Crippen LogP contribution in [0, 0.1) is 0 Å². The van der Waals surface area contributed by atoms with E-state index in [1.54, 1.807) is 10.5 Å². The fraction of sp³-hybridized carbons (Fsp3) is 0.688. The van der Waals surface area contributed by atoms with Crippen molar-refractivity contribution >= 4 is 10.0 Å². The minimum Gasteiger partial charge on any atom is -0.294 e. The van der Waals surface area contributed by atoms with Crippen molar-refractivity contribution in [2.24, 2.45) is 0 Å². The van der Waals surface area contributed by atoms with Crippen LogP contribution < -0.4 is 0 Å². The fourth-order valence-electron chi connectivity index (χ4n) is 3.79. The molecule has 0 aromatic carbocycles. The SMILES string of the molecule is CC(C1CCCCN1Cc1cccnc1)N1CCCS1(=O)=O. The molecule has 0 aliphatic carbocycles. The van der Waals surface area contributed by atoms with E-state index in [0.717, 1.165) is 25.9 Å². The summed E-state index contributed by atoms with van der Waals surface area (Å²) in [4.78, 5) is 6.63. The van der Waals surface area contributed by atoms with E-state index in [1.165, 1.54) is 18.4 Å². The first-order valence-corrected chi connectivity index (χ1v) is 9.81. The van der Waals surface area contributed by atoms with Gasteiger partial charge in [-0.05, 0) is 44.4 Å². The monoisotopic (exact) mass is 323 g/mol. The lowest BCUT2D eigenvalue weighted by atomic mass is 9.95. The molecule has 2 atom stereocenters. The van der Waals surface area contributed by atoms with Gasteiger partial charge in [-0.25, -0.2) is 8.42 Å². The zero-order valence-electron chi connectivity index (χ0n) is 13.2. The summed E-state index contributed by atoms with van der Waals surface area (Å²) in [5, 5.41) is 0. The van der Waals surface area contributed by atoms with E-state index in [1.807, 2.05) is 12.3 Å². The Hall–Kier alpha value is -0.980. The molecule has 1 aromatic rings. The first kappa shape index (κ1) is 15.9. The van der Waals surface area contributed by atoms with Gasteiger partial charge in [0.1, 0.15) is 0 Å². The third-order valence-corrected chi connectivity index (χ3v) is 6.96. The standard InChI is InChI=1S/C16H25N3O2S/c1-14(19-10-5-11-22(19,20)21)16-7-2-3-9-18(16)13-15-6-4-8-17-12-15/h4,6,8,12,14,16H,2-3,5,7,9-11,13H2,1H3. The van der Waals surface area contributed by atoms with E-state index in [0.29, 0.717) is 18.3 Å². The number of hydrogen-bond donors (Lipinski definition) is 0. The number of aromatic nitrogens is 1. The quantitative estimate of drug-likeness (QED) is 0.849. The van der Waals surface area contributed by atoms with E-state index >= 15 is 0 Å². The van der Waals surface area contributed by atoms with Gasteiger partial charge in [0, 0.05) is 37.6 Å². The number of hydrogen-bond acceptors (Lipinski definition) is 4. The van der Waals surface area contributed by atoms with Gasteiger partial charge in [-0.15, -0.1) is 0 Å². The molecule has 1 aromatic heterocycles. The summed E-state index contributed by atoms with van der Waals surface area (Å²) in [5.74, 6) is 0.312. The predicted molar refractivity (Wildman–Crippen MR) is 86.9 cm³/mol. The van der Waals surface area contributed by atoms with Gasteiger partial charge >= 0.3 is 0 Å². The highest BCUT2D eigenvalue weighted by Crippen LogP contribution is 2.28. The summed E-state index contributed by atoms with van der Waals surface area (Å²) >= 11 is 0. The van der Waals surface area contributed by atoms with E-state index < -0.39 is 10.0 Å². The number of likely N-dealkylation sites (tertiary alicyclic amines) is 1. The third kappa shape index (κ3) is 3.34. The Labute approximate surface area is 133 Å². The maximum atomic E-state index is 12.2. The van der Waals surface area contributed by atoms with Crippen LogP contribution in [-0.2, 0) is 16.6 Å². The topological polar surface area (TPSA) is 53.5 Å². The first-order valence-electron chi connectivity index (χ1n) is 8.20. The summed E-state index contributed by atoms with van der Waals surface area (Å²) < 4.78 is 26.2. The molecule has 2 fully saturated rings.